The molecular formula is C14H17NO3. The molecule has 0 saturated heterocycles. The topological polar surface area (TPSA) is 63.4 Å². The maximum atomic E-state index is 10.7. The molecule has 1 aliphatic carbocycles. The van der Waals surface area contributed by atoms with Gasteiger partial charge in [0.25, 0.3) is 5.69 Å². The van der Waals surface area contributed by atoms with Gasteiger partial charge in [0.2, 0.25) is 0 Å². The smallest absolute Gasteiger partial charge is 0.273 e. The molecule has 2 rings (SSSR count). The third-order valence-corrected chi connectivity index (χ3v) is 3.35. The second kappa shape index (κ2) is 5.67. The van der Waals surface area contributed by atoms with Gasteiger partial charge < -0.3 is 5.11 Å². The average molecular weight is 247 g/mol. The molecular weight excluding hydrogens is 230 g/mol. The summed E-state index contributed by atoms with van der Waals surface area (Å²) in [5.41, 5.74) is 0.616. The van der Waals surface area contributed by atoms with E-state index in [4.69, 9.17) is 0 Å². The fourth-order valence-electron chi connectivity index (χ4n) is 2.39. The predicted octanol–water partition coefficient (Wildman–Crippen LogP) is 3.89. The molecule has 1 aromatic carbocycles. The zero-order valence-electron chi connectivity index (χ0n) is 10.2. The summed E-state index contributed by atoms with van der Waals surface area (Å²) in [4.78, 5) is 10.2. The maximum Gasteiger partial charge on any atom is 0.273 e. The number of rotatable bonds is 3. The van der Waals surface area contributed by atoms with E-state index in [1.807, 2.05) is 6.08 Å². The molecule has 1 N–H and O–H groups in total. The highest BCUT2D eigenvalue weighted by Crippen LogP contribution is 2.27. The Morgan fingerprint density at radius 1 is 1.22 bits per heavy atom. The largest absolute Gasteiger partial charge is 0.508 e. The Bertz CT molecular complexity index is 462. The van der Waals surface area contributed by atoms with Crippen LogP contribution in [0.1, 0.15) is 37.7 Å². The first kappa shape index (κ1) is 12.6. The van der Waals surface area contributed by atoms with E-state index < -0.39 is 4.92 Å². The van der Waals surface area contributed by atoms with Crippen molar-refractivity contribution in [3.63, 3.8) is 0 Å². The lowest BCUT2D eigenvalue weighted by Gasteiger charge is -2.17. The minimum Gasteiger partial charge on any atom is -0.508 e. The van der Waals surface area contributed by atoms with Crippen LogP contribution < -0.4 is 0 Å². The van der Waals surface area contributed by atoms with Crippen molar-refractivity contribution in [2.24, 2.45) is 5.92 Å². The molecule has 4 heteroatoms. The van der Waals surface area contributed by atoms with Crippen molar-refractivity contribution < 1.29 is 10.0 Å². The van der Waals surface area contributed by atoms with Crippen molar-refractivity contribution in [3.05, 3.63) is 40.0 Å². The number of nitro benzene ring substituents is 1. The number of nitrogens with zero attached hydrogens (tertiary/aromatic N) is 1. The number of phenolic OH excluding ortho intramolecular Hbond substituents is 1. The van der Waals surface area contributed by atoms with E-state index in [0.29, 0.717) is 11.5 Å². The van der Waals surface area contributed by atoms with Gasteiger partial charge in [-0.15, -0.1) is 0 Å². The van der Waals surface area contributed by atoms with E-state index in [0.717, 1.165) is 6.07 Å². The molecule has 0 radical (unpaired) electrons. The maximum absolute atomic E-state index is 10.7. The van der Waals surface area contributed by atoms with Gasteiger partial charge in [0.05, 0.1) is 11.0 Å². The molecule has 0 unspecified atom stereocenters. The van der Waals surface area contributed by atoms with Crippen molar-refractivity contribution in [1.29, 1.82) is 0 Å². The summed E-state index contributed by atoms with van der Waals surface area (Å²) in [5.74, 6) is 0.507. The van der Waals surface area contributed by atoms with Crippen LogP contribution in [0.25, 0.3) is 6.08 Å². The van der Waals surface area contributed by atoms with E-state index >= 15 is 0 Å². The molecule has 0 bridgehead atoms. The molecule has 96 valence electrons. The third-order valence-electron chi connectivity index (χ3n) is 3.35. The van der Waals surface area contributed by atoms with Gasteiger partial charge in [-0.3, -0.25) is 10.1 Å². The molecule has 0 aromatic heterocycles. The number of allylic oxidation sites excluding steroid dienone is 1. The van der Waals surface area contributed by atoms with E-state index in [1.54, 1.807) is 6.07 Å². The minimum absolute atomic E-state index is 0.0625. The third kappa shape index (κ3) is 3.32. The number of nitro groups is 1. The summed E-state index contributed by atoms with van der Waals surface area (Å²) < 4.78 is 0. The first-order valence-corrected chi connectivity index (χ1v) is 6.32. The monoisotopic (exact) mass is 247 g/mol. The Kier molecular flexibility index (Phi) is 3.97. The predicted molar refractivity (Wildman–Crippen MR) is 70.4 cm³/mol. The van der Waals surface area contributed by atoms with Crippen LogP contribution in [0.2, 0.25) is 0 Å². The van der Waals surface area contributed by atoms with Gasteiger partial charge in [-0.05, 0) is 30.4 Å². The summed E-state index contributed by atoms with van der Waals surface area (Å²) in [5, 5.41) is 20.1. The van der Waals surface area contributed by atoms with E-state index in [9.17, 15) is 15.2 Å². The molecule has 18 heavy (non-hydrogen) atoms. The van der Waals surface area contributed by atoms with Gasteiger partial charge >= 0.3 is 0 Å². The summed E-state index contributed by atoms with van der Waals surface area (Å²) >= 11 is 0. The summed E-state index contributed by atoms with van der Waals surface area (Å²) in [6, 6.07) is 4.20. The van der Waals surface area contributed by atoms with Crippen LogP contribution in [0.15, 0.2) is 24.3 Å². The lowest BCUT2D eigenvalue weighted by atomic mass is 9.89. The van der Waals surface area contributed by atoms with Gasteiger partial charge in [-0.1, -0.05) is 31.4 Å². The van der Waals surface area contributed by atoms with Crippen molar-refractivity contribution in [1.82, 2.24) is 0 Å². The Morgan fingerprint density at radius 3 is 2.61 bits per heavy atom. The molecule has 0 aliphatic heterocycles. The summed E-state index contributed by atoms with van der Waals surface area (Å²) in [6.45, 7) is 0. The molecule has 0 heterocycles. The van der Waals surface area contributed by atoms with Gasteiger partial charge in [0.1, 0.15) is 5.75 Å². The number of non-ortho nitro benzene ring substituents is 1. The molecule has 1 aliphatic rings. The number of hydrogen-bond donors (Lipinski definition) is 1. The molecule has 1 aromatic rings. The summed E-state index contributed by atoms with van der Waals surface area (Å²) in [6.07, 6.45) is 10.2. The van der Waals surface area contributed by atoms with Gasteiger partial charge in [-0.2, -0.15) is 0 Å². The Hall–Kier alpha value is -1.84. The highest BCUT2D eigenvalue weighted by Gasteiger charge is 2.11. The van der Waals surface area contributed by atoms with Crippen LogP contribution in [0.5, 0.6) is 5.75 Å². The van der Waals surface area contributed by atoms with Crippen LogP contribution in [0, 0.1) is 16.0 Å². The highest BCUT2D eigenvalue weighted by molar-refractivity contribution is 5.57. The SMILES string of the molecule is O=[N+]([O-])c1cc(O)cc(/C=C/C2CCCCC2)c1. The Labute approximate surface area is 106 Å². The molecule has 0 amide bonds. The van der Waals surface area contributed by atoms with Crippen molar-refractivity contribution in [2.75, 3.05) is 0 Å². The van der Waals surface area contributed by atoms with E-state index in [2.05, 4.69) is 6.08 Å². The highest BCUT2D eigenvalue weighted by atomic mass is 16.6. The molecule has 0 atom stereocenters. The second-order valence-electron chi connectivity index (χ2n) is 4.80. The molecule has 1 saturated carbocycles. The average Bonchev–Trinajstić information content (AvgIpc) is 2.37. The first-order valence-electron chi connectivity index (χ1n) is 6.32. The lowest BCUT2D eigenvalue weighted by molar-refractivity contribution is -0.384. The molecule has 1 fully saturated rings. The van der Waals surface area contributed by atoms with Crippen molar-refractivity contribution in [3.8, 4) is 5.75 Å². The molecule has 0 spiro atoms. The fraction of sp³-hybridized carbons (Fsp3) is 0.429. The van der Waals surface area contributed by atoms with Crippen molar-refractivity contribution >= 4 is 11.8 Å². The zero-order chi connectivity index (χ0) is 13.0. The minimum atomic E-state index is -0.488. The van der Waals surface area contributed by atoms with Crippen LogP contribution in [0.3, 0.4) is 0 Å². The van der Waals surface area contributed by atoms with Crippen molar-refractivity contribution in [2.45, 2.75) is 32.1 Å². The van der Waals surface area contributed by atoms with Crippen LogP contribution in [-0.4, -0.2) is 10.0 Å². The van der Waals surface area contributed by atoms with Crippen LogP contribution in [-0.2, 0) is 0 Å². The Morgan fingerprint density at radius 2 is 1.94 bits per heavy atom. The van der Waals surface area contributed by atoms with Crippen LogP contribution >= 0.6 is 0 Å². The quantitative estimate of drug-likeness (QED) is 0.651. The van der Waals surface area contributed by atoms with Gasteiger partial charge in [-0.25, -0.2) is 0 Å². The van der Waals surface area contributed by atoms with E-state index in [1.165, 1.54) is 38.2 Å². The lowest BCUT2D eigenvalue weighted by Crippen LogP contribution is -2.02. The fourth-order valence-corrected chi connectivity index (χ4v) is 2.39. The molecule has 4 nitrogen and oxygen atoms in total. The van der Waals surface area contributed by atoms with Crippen LogP contribution in [0.4, 0.5) is 5.69 Å². The summed E-state index contributed by atoms with van der Waals surface area (Å²) in [7, 11) is 0. The second-order valence-corrected chi connectivity index (χ2v) is 4.80. The van der Waals surface area contributed by atoms with Gasteiger partial charge in [0, 0.05) is 6.07 Å². The standard InChI is InChI=1S/C14H17NO3/c16-14-9-12(8-13(10-14)15(17)18)7-6-11-4-2-1-3-5-11/h6-11,16H,1-5H2/b7-6+. The number of hydrogen-bond acceptors (Lipinski definition) is 3. The van der Waals surface area contributed by atoms with Gasteiger partial charge in [0.15, 0.2) is 0 Å². The zero-order valence-corrected chi connectivity index (χ0v) is 10.2. The number of benzene rings is 1. The normalized spacial score (nSPS) is 17.1. The Balaban J connectivity index is 2.12. The van der Waals surface area contributed by atoms with E-state index in [-0.39, 0.29) is 11.4 Å². The first-order chi connectivity index (χ1) is 8.65. The number of phenols is 1. The number of aromatic hydroxyl groups is 1.